The molecule has 0 aliphatic rings. The van der Waals surface area contributed by atoms with Crippen LogP contribution in [-0.4, -0.2) is 16.3 Å². The lowest BCUT2D eigenvalue weighted by Gasteiger charge is -2.12. The van der Waals surface area contributed by atoms with Crippen LogP contribution in [0.5, 0.6) is 6.01 Å². The van der Waals surface area contributed by atoms with Crippen LogP contribution in [0, 0.1) is 0 Å². The fourth-order valence-electron chi connectivity index (χ4n) is 1.40. The summed E-state index contributed by atoms with van der Waals surface area (Å²) in [5.74, 6) is 0. The molecule has 0 amide bonds. The van der Waals surface area contributed by atoms with E-state index in [2.05, 4.69) is 9.97 Å². The van der Waals surface area contributed by atoms with Gasteiger partial charge in [0.15, 0.2) is 6.29 Å². The van der Waals surface area contributed by atoms with E-state index in [0.29, 0.717) is 11.8 Å². The van der Waals surface area contributed by atoms with Gasteiger partial charge in [0, 0.05) is 12.4 Å². The zero-order valence-electron chi connectivity index (χ0n) is 9.41. The molecule has 86 valence electrons. The molecule has 0 fully saturated rings. The number of hydrogen-bond acceptors (Lipinski definition) is 4. The number of ether oxygens (including phenoxy) is 1. The van der Waals surface area contributed by atoms with Crippen molar-refractivity contribution in [2.24, 2.45) is 0 Å². The average Bonchev–Trinajstić information content (AvgIpc) is 2.40. The zero-order valence-corrected chi connectivity index (χ0v) is 9.41. The lowest BCUT2D eigenvalue weighted by atomic mass is 10.1. The fourth-order valence-corrected chi connectivity index (χ4v) is 1.40. The molecule has 4 heteroatoms. The Balaban J connectivity index is 2.07. The Bertz CT molecular complexity index is 483. The van der Waals surface area contributed by atoms with E-state index < -0.39 is 0 Å². The van der Waals surface area contributed by atoms with Gasteiger partial charge in [-0.1, -0.05) is 30.3 Å². The third kappa shape index (κ3) is 2.87. The monoisotopic (exact) mass is 228 g/mol. The fraction of sp³-hybridized carbons (Fsp3) is 0.154. The van der Waals surface area contributed by atoms with Crippen LogP contribution in [0.1, 0.15) is 28.9 Å². The number of nitrogens with zero attached hydrogens (tertiary/aromatic N) is 2. The Labute approximate surface area is 99.3 Å². The smallest absolute Gasteiger partial charge is 0.316 e. The Kier molecular flexibility index (Phi) is 3.45. The number of benzene rings is 1. The zero-order chi connectivity index (χ0) is 12.1. The Morgan fingerprint density at radius 1 is 1.18 bits per heavy atom. The van der Waals surface area contributed by atoms with Gasteiger partial charge in [0.2, 0.25) is 0 Å². The summed E-state index contributed by atoms with van der Waals surface area (Å²) in [5.41, 5.74) is 1.49. The number of carbonyl (C=O) groups excluding carboxylic acids is 1. The van der Waals surface area contributed by atoms with E-state index in [-0.39, 0.29) is 12.1 Å². The van der Waals surface area contributed by atoms with Crippen molar-refractivity contribution in [1.29, 1.82) is 0 Å². The van der Waals surface area contributed by atoms with Crippen LogP contribution in [0.3, 0.4) is 0 Å². The molecule has 1 heterocycles. The van der Waals surface area contributed by atoms with Gasteiger partial charge >= 0.3 is 6.01 Å². The highest BCUT2D eigenvalue weighted by atomic mass is 16.5. The maximum Gasteiger partial charge on any atom is 0.316 e. The maximum absolute atomic E-state index is 10.4. The molecule has 2 aromatic rings. The summed E-state index contributed by atoms with van der Waals surface area (Å²) in [6.07, 6.45) is 3.45. The predicted octanol–water partition coefficient (Wildman–Crippen LogP) is 2.43. The highest BCUT2D eigenvalue weighted by Gasteiger charge is 2.08. The van der Waals surface area contributed by atoms with E-state index in [1.165, 1.54) is 12.4 Å². The summed E-state index contributed by atoms with van der Waals surface area (Å²) in [6.45, 7) is 1.92. The number of aromatic nitrogens is 2. The van der Waals surface area contributed by atoms with E-state index in [9.17, 15) is 4.79 Å². The summed E-state index contributed by atoms with van der Waals surface area (Å²) in [4.78, 5) is 18.3. The molecular formula is C13H12N2O2. The van der Waals surface area contributed by atoms with Gasteiger partial charge in [0.25, 0.3) is 0 Å². The molecular weight excluding hydrogens is 216 g/mol. The Morgan fingerprint density at radius 3 is 2.41 bits per heavy atom. The predicted molar refractivity (Wildman–Crippen MR) is 62.9 cm³/mol. The first kappa shape index (κ1) is 11.3. The molecule has 17 heavy (non-hydrogen) atoms. The van der Waals surface area contributed by atoms with Crippen molar-refractivity contribution in [3.05, 3.63) is 53.9 Å². The summed E-state index contributed by atoms with van der Waals surface area (Å²) >= 11 is 0. The lowest BCUT2D eigenvalue weighted by molar-refractivity contribution is 0.112. The van der Waals surface area contributed by atoms with Crippen molar-refractivity contribution < 1.29 is 9.53 Å². The van der Waals surface area contributed by atoms with Gasteiger partial charge in [0.1, 0.15) is 6.10 Å². The minimum atomic E-state index is -0.127. The largest absolute Gasteiger partial charge is 0.456 e. The highest BCUT2D eigenvalue weighted by Crippen LogP contribution is 2.17. The van der Waals surface area contributed by atoms with Crippen molar-refractivity contribution in [2.75, 3.05) is 0 Å². The molecule has 0 saturated carbocycles. The van der Waals surface area contributed by atoms with E-state index in [1.54, 1.807) is 0 Å². The summed E-state index contributed by atoms with van der Waals surface area (Å²) in [6, 6.07) is 10.1. The normalized spacial score (nSPS) is 11.8. The first-order valence-electron chi connectivity index (χ1n) is 5.28. The van der Waals surface area contributed by atoms with Crippen LogP contribution in [0.4, 0.5) is 0 Å². The van der Waals surface area contributed by atoms with Gasteiger partial charge in [-0.05, 0) is 12.5 Å². The van der Waals surface area contributed by atoms with Gasteiger partial charge in [-0.3, -0.25) is 4.79 Å². The van der Waals surface area contributed by atoms with E-state index in [4.69, 9.17) is 4.74 Å². The van der Waals surface area contributed by atoms with Gasteiger partial charge in [-0.25, -0.2) is 9.97 Å². The lowest BCUT2D eigenvalue weighted by Crippen LogP contribution is -2.05. The van der Waals surface area contributed by atoms with E-state index in [0.717, 1.165) is 5.56 Å². The topological polar surface area (TPSA) is 52.1 Å². The Hall–Kier alpha value is -2.23. The third-order valence-electron chi connectivity index (χ3n) is 2.34. The second kappa shape index (κ2) is 5.21. The molecule has 1 aromatic carbocycles. The van der Waals surface area contributed by atoms with Gasteiger partial charge in [-0.15, -0.1) is 0 Å². The van der Waals surface area contributed by atoms with Crippen molar-refractivity contribution >= 4 is 6.29 Å². The van der Waals surface area contributed by atoms with Crippen LogP contribution in [0.15, 0.2) is 42.7 Å². The molecule has 1 aromatic heterocycles. The first-order chi connectivity index (χ1) is 8.29. The summed E-state index contributed by atoms with van der Waals surface area (Å²) < 4.78 is 5.56. The minimum Gasteiger partial charge on any atom is -0.456 e. The van der Waals surface area contributed by atoms with Crippen molar-refractivity contribution in [1.82, 2.24) is 9.97 Å². The Morgan fingerprint density at radius 2 is 1.82 bits per heavy atom. The van der Waals surface area contributed by atoms with Crippen LogP contribution in [0.2, 0.25) is 0 Å². The molecule has 0 aliphatic carbocycles. The SMILES string of the molecule is CC(Oc1ncc(C=O)cn1)c1ccccc1. The van der Waals surface area contributed by atoms with Crippen molar-refractivity contribution in [3.8, 4) is 6.01 Å². The van der Waals surface area contributed by atoms with Crippen molar-refractivity contribution in [3.63, 3.8) is 0 Å². The van der Waals surface area contributed by atoms with Gasteiger partial charge in [-0.2, -0.15) is 0 Å². The minimum absolute atomic E-state index is 0.127. The van der Waals surface area contributed by atoms with Crippen LogP contribution in [-0.2, 0) is 0 Å². The quantitative estimate of drug-likeness (QED) is 0.754. The first-order valence-corrected chi connectivity index (χ1v) is 5.28. The van der Waals surface area contributed by atoms with Gasteiger partial charge < -0.3 is 4.74 Å². The van der Waals surface area contributed by atoms with E-state index >= 15 is 0 Å². The maximum atomic E-state index is 10.4. The molecule has 1 atom stereocenters. The average molecular weight is 228 g/mol. The molecule has 1 unspecified atom stereocenters. The van der Waals surface area contributed by atoms with Gasteiger partial charge in [0.05, 0.1) is 5.56 Å². The molecule has 0 radical (unpaired) electrons. The van der Waals surface area contributed by atoms with Crippen LogP contribution >= 0.6 is 0 Å². The molecule has 0 aliphatic heterocycles. The molecule has 0 bridgehead atoms. The van der Waals surface area contributed by atoms with Crippen LogP contribution < -0.4 is 4.74 Å². The second-order valence-corrected chi connectivity index (χ2v) is 3.59. The van der Waals surface area contributed by atoms with Crippen molar-refractivity contribution in [2.45, 2.75) is 13.0 Å². The number of hydrogen-bond donors (Lipinski definition) is 0. The summed E-state index contributed by atoms with van der Waals surface area (Å²) in [7, 11) is 0. The number of rotatable bonds is 4. The molecule has 0 spiro atoms. The molecule has 2 rings (SSSR count). The van der Waals surface area contributed by atoms with Crippen LogP contribution in [0.25, 0.3) is 0 Å². The highest BCUT2D eigenvalue weighted by molar-refractivity contribution is 5.73. The number of carbonyl (C=O) groups is 1. The number of aldehydes is 1. The second-order valence-electron chi connectivity index (χ2n) is 3.59. The van der Waals surface area contributed by atoms with E-state index in [1.807, 2.05) is 37.3 Å². The third-order valence-corrected chi connectivity index (χ3v) is 2.34. The summed E-state index contributed by atoms with van der Waals surface area (Å²) in [5, 5.41) is 0. The standard InChI is InChI=1S/C13H12N2O2/c1-10(12-5-3-2-4-6-12)17-13-14-7-11(9-16)8-15-13/h2-10H,1H3. The molecule has 0 saturated heterocycles. The molecule has 4 nitrogen and oxygen atoms in total. The molecule has 0 N–H and O–H groups in total.